The van der Waals surface area contributed by atoms with Crippen LogP contribution in [-0.4, -0.2) is 43.9 Å². The van der Waals surface area contributed by atoms with Gasteiger partial charge in [0.1, 0.15) is 24.9 Å². The van der Waals surface area contributed by atoms with Crippen molar-refractivity contribution in [3.8, 4) is 0 Å². The molecule has 0 amide bonds. The van der Waals surface area contributed by atoms with Crippen LogP contribution in [0.1, 0.15) is 5.56 Å². The molecule has 0 saturated carbocycles. The van der Waals surface area contributed by atoms with Gasteiger partial charge >= 0.3 is 0 Å². The van der Waals surface area contributed by atoms with E-state index in [-0.39, 0.29) is 25.4 Å². The summed E-state index contributed by atoms with van der Waals surface area (Å²) in [6.45, 7) is 0.998. The lowest BCUT2D eigenvalue weighted by Gasteiger charge is -2.37. The molecule has 2 aliphatic heterocycles. The van der Waals surface area contributed by atoms with Crippen molar-refractivity contribution in [3.63, 3.8) is 0 Å². The third-order valence-corrected chi connectivity index (χ3v) is 6.53. The minimum atomic E-state index is -0.850. The first-order valence-corrected chi connectivity index (χ1v) is 11.2. The lowest BCUT2D eigenvalue weighted by Crippen LogP contribution is -2.48. The number of benzene rings is 3. The number of rotatable bonds is 11. The first-order chi connectivity index (χ1) is 16.7. The highest BCUT2D eigenvalue weighted by Crippen LogP contribution is 2.47. The quantitative estimate of drug-likeness (QED) is 0.345. The lowest BCUT2D eigenvalue weighted by molar-refractivity contribution is -0.129. The van der Waals surface area contributed by atoms with E-state index in [1.165, 1.54) is 10.8 Å². The molecule has 0 fully saturated rings. The summed E-state index contributed by atoms with van der Waals surface area (Å²) in [5, 5.41) is 6.01. The highest BCUT2D eigenvalue weighted by atomic mass is 16.5. The summed E-state index contributed by atoms with van der Waals surface area (Å²) in [6, 6.07) is 24.4. The first-order valence-electron chi connectivity index (χ1n) is 11.2. The van der Waals surface area contributed by atoms with Crippen molar-refractivity contribution in [1.29, 1.82) is 0 Å². The predicted molar refractivity (Wildman–Crippen MR) is 129 cm³/mol. The van der Waals surface area contributed by atoms with Crippen LogP contribution in [0.4, 0.5) is 5.69 Å². The van der Waals surface area contributed by atoms with E-state index in [0.29, 0.717) is 19.4 Å². The SMILES string of the molecule is O=COCC1=C(COC=O)C2(C(Cc3ccc4ccccc4c3)Nc3ccccc3)C=CC1O2. The highest BCUT2D eigenvalue weighted by molar-refractivity contribution is 5.83. The number of para-hydroxylation sites is 1. The maximum atomic E-state index is 11.1. The molecule has 0 aromatic heterocycles. The molecule has 6 nitrogen and oxygen atoms in total. The maximum Gasteiger partial charge on any atom is 0.293 e. The Hall–Kier alpha value is -3.90. The number of hydrogen-bond donors (Lipinski definition) is 1. The Bertz CT molecular complexity index is 1250. The number of fused-ring (bicyclic) bond motifs is 3. The smallest absolute Gasteiger partial charge is 0.293 e. The van der Waals surface area contributed by atoms with Gasteiger partial charge in [-0.3, -0.25) is 9.59 Å². The van der Waals surface area contributed by atoms with Crippen molar-refractivity contribution in [2.24, 2.45) is 0 Å². The molecule has 2 aliphatic rings. The molecular weight excluding hydrogens is 430 g/mol. The van der Waals surface area contributed by atoms with E-state index in [1.807, 2.05) is 54.6 Å². The third kappa shape index (κ3) is 4.08. The zero-order valence-electron chi connectivity index (χ0n) is 18.6. The van der Waals surface area contributed by atoms with E-state index in [4.69, 9.17) is 14.2 Å². The van der Waals surface area contributed by atoms with Gasteiger partial charge in [0, 0.05) is 16.8 Å². The topological polar surface area (TPSA) is 73.9 Å². The van der Waals surface area contributed by atoms with E-state index >= 15 is 0 Å². The fourth-order valence-corrected chi connectivity index (χ4v) is 4.97. The highest BCUT2D eigenvalue weighted by Gasteiger charge is 2.53. The molecule has 2 heterocycles. The predicted octanol–water partition coefficient (Wildman–Crippen LogP) is 4.21. The number of carbonyl (C=O) groups is 2. The van der Waals surface area contributed by atoms with Gasteiger partial charge in [0.15, 0.2) is 0 Å². The van der Waals surface area contributed by atoms with Crippen molar-refractivity contribution < 1.29 is 23.8 Å². The lowest BCUT2D eigenvalue weighted by atomic mass is 9.79. The summed E-state index contributed by atoms with van der Waals surface area (Å²) in [4.78, 5) is 22.0. The van der Waals surface area contributed by atoms with Crippen LogP contribution in [0, 0.1) is 0 Å². The van der Waals surface area contributed by atoms with Crippen LogP contribution < -0.4 is 5.32 Å². The number of anilines is 1. The number of nitrogens with one attached hydrogen (secondary N) is 1. The van der Waals surface area contributed by atoms with Crippen LogP contribution in [0.3, 0.4) is 0 Å². The molecule has 172 valence electrons. The van der Waals surface area contributed by atoms with Crippen LogP contribution >= 0.6 is 0 Å². The summed E-state index contributed by atoms with van der Waals surface area (Å²) in [6.07, 6.45) is 4.34. The molecule has 3 atom stereocenters. The summed E-state index contributed by atoms with van der Waals surface area (Å²) in [5.74, 6) is 0. The zero-order chi connectivity index (χ0) is 23.4. The van der Waals surface area contributed by atoms with E-state index in [1.54, 1.807) is 0 Å². The normalized spacial score (nSPS) is 21.5. The van der Waals surface area contributed by atoms with Crippen molar-refractivity contribution in [1.82, 2.24) is 0 Å². The molecule has 3 unspecified atom stereocenters. The van der Waals surface area contributed by atoms with Crippen molar-refractivity contribution in [2.45, 2.75) is 24.2 Å². The van der Waals surface area contributed by atoms with Gasteiger partial charge in [-0.25, -0.2) is 0 Å². The molecule has 0 saturated heterocycles. The Labute approximate surface area is 197 Å². The van der Waals surface area contributed by atoms with Crippen LogP contribution in [0.15, 0.2) is 96.1 Å². The second-order valence-electron chi connectivity index (χ2n) is 8.46. The Balaban J connectivity index is 1.55. The molecule has 0 aliphatic carbocycles. The van der Waals surface area contributed by atoms with Crippen molar-refractivity contribution >= 4 is 29.4 Å². The Kier molecular flexibility index (Phi) is 6.14. The van der Waals surface area contributed by atoms with Gasteiger partial charge in [0.05, 0.1) is 6.04 Å². The molecule has 34 heavy (non-hydrogen) atoms. The molecule has 6 heteroatoms. The maximum absolute atomic E-state index is 11.1. The Morgan fingerprint density at radius 1 is 0.912 bits per heavy atom. The van der Waals surface area contributed by atoms with E-state index < -0.39 is 5.60 Å². The van der Waals surface area contributed by atoms with Gasteiger partial charge in [-0.1, -0.05) is 66.7 Å². The van der Waals surface area contributed by atoms with Gasteiger partial charge in [-0.05, 0) is 41.0 Å². The molecule has 0 radical (unpaired) electrons. The second-order valence-corrected chi connectivity index (χ2v) is 8.46. The minimum Gasteiger partial charge on any atom is -0.463 e. The standard InChI is InChI=1S/C28H25NO5/c30-18-32-16-24-25(17-33-19-31)28(13-12-26(24)34-28)27(29-23-8-2-1-3-9-23)15-20-10-11-21-6-4-5-7-22(21)14-20/h1-14,18-19,26-27,29H,15-17H2. The molecule has 3 aromatic carbocycles. The van der Waals surface area contributed by atoms with Crippen LogP contribution in [0.25, 0.3) is 10.8 Å². The number of carbonyl (C=O) groups excluding carboxylic acids is 2. The number of hydrogen-bond acceptors (Lipinski definition) is 6. The average molecular weight is 456 g/mol. The molecule has 2 bridgehead atoms. The van der Waals surface area contributed by atoms with Gasteiger partial charge in [0.25, 0.3) is 12.9 Å². The number of ether oxygens (including phenoxy) is 3. The fourth-order valence-electron chi connectivity index (χ4n) is 4.97. The van der Waals surface area contributed by atoms with Crippen molar-refractivity contribution in [3.05, 3.63) is 102 Å². The van der Waals surface area contributed by atoms with Gasteiger partial charge < -0.3 is 19.5 Å². The summed E-state index contributed by atoms with van der Waals surface area (Å²) >= 11 is 0. The molecule has 3 aromatic rings. The van der Waals surface area contributed by atoms with Gasteiger partial charge in [-0.15, -0.1) is 0 Å². The van der Waals surface area contributed by atoms with Gasteiger partial charge in [0.2, 0.25) is 0 Å². The third-order valence-electron chi connectivity index (χ3n) is 6.53. The first kappa shape index (κ1) is 21.9. The van der Waals surface area contributed by atoms with Crippen LogP contribution in [-0.2, 0) is 30.2 Å². The Morgan fingerprint density at radius 3 is 2.44 bits per heavy atom. The second kappa shape index (κ2) is 9.53. The van der Waals surface area contributed by atoms with Crippen LogP contribution in [0.5, 0.6) is 0 Å². The zero-order valence-corrected chi connectivity index (χ0v) is 18.6. The van der Waals surface area contributed by atoms with E-state index in [0.717, 1.165) is 22.4 Å². The Morgan fingerprint density at radius 2 is 1.65 bits per heavy atom. The largest absolute Gasteiger partial charge is 0.463 e. The average Bonchev–Trinajstić information content (AvgIpc) is 3.44. The molecular formula is C28H25NO5. The monoisotopic (exact) mass is 455 g/mol. The summed E-state index contributed by atoms with van der Waals surface area (Å²) in [7, 11) is 0. The molecule has 5 rings (SSSR count). The summed E-state index contributed by atoms with van der Waals surface area (Å²) in [5.41, 5.74) is 2.88. The van der Waals surface area contributed by atoms with Crippen molar-refractivity contribution in [2.75, 3.05) is 18.5 Å². The van der Waals surface area contributed by atoms with E-state index in [9.17, 15) is 9.59 Å². The fraction of sp³-hybridized carbons (Fsp3) is 0.214. The van der Waals surface area contributed by atoms with Gasteiger partial charge in [-0.2, -0.15) is 0 Å². The molecule has 0 spiro atoms. The van der Waals surface area contributed by atoms with Crippen LogP contribution in [0.2, 0.25) is 0 Å². The summed E-state index contributed by atoms with van der Waals surface area (Å²) < 4.78 is 16.8. The minimum absolute atomic E-state index is 0.0621. The van der Waals surface area contributed by atoms with E-state index in [2.05, 4.69) is 35.6 Å². The molecule has 1 N–H and O–H groups in total.